The van der Waals surface area contributed by atoms with Gasteiger partial charge in [-0.25, -0.2) is 0 Å². The van der Waals surface area contributed by atoms with Crippen molar-refractivity contribution in [2.75, 3.05) is 20.2 Å². The third-order valence-corrected chi connectivity index (χ3v) is 6.99. The first-order valence-corrected chi connectivity index (χ1v) is 12.4. The van der Waals surface area contributed by atoms with Crippen molar-refractivity contribution in [1.29, 1.82) is 0 Å². The topological polar surface area (TPSA) is 84.7 Å². The van der Waals surface area contributed by atoms with Gasteiger partial charge in [0.15, 0.2) is 0 Å². The second-order valence-corrected chi connectivity index (χ2v) is 9.35. The molecule has 1 aliphatic heterocycles. The van der Waals surface area contributed by atoms with Crippen LogP contribution < -0.4 is 10.1 Å². The van der Waals surface area contributed by atoms with Gasteiger partial charge in [0.25, 0.3) is 5.91 Å². The van der Waals surface area contributed by atoms with E-state index in [0.29, 0.717) is 30.8 Å². The van der Waals surface area contributed by atoms with Gasteiger partial charge in [0.05, 0.1) is 30.5 Å². The minimum atomic E-state index is -0.0874. The number of carbonyl (C=O) groups is 2. The lowest BCUT2D eigenvalue weighted by molar-refractivity contribution is -0.131. The summed E-state index contributed by atoms with van der Waals surface area (Å²) in [6.45, 7) is 3.14. The van der Waals surface area contributed by atoms with Crippen molar-refractivity contribution in [2.45, 2.75) is 42.9 Å². The maximum absolute atomic E-state index is 13.0. The number of hydrogen-bond donors (Lipinski definition) is 1. The van der Waals surface area contributed by atoms with Crippen LogP contribution in [0.5, 0.6) is 5.75 Å². The van der Waals surface area contributed by atoms with E-state index in [1.807, 2.05) is 66.4 Å². The van der Waals surface area contributed by atoms with Crippen LogP contribution in [0.1, 0.15) is 40.2 Å². The number of aromatic nitrogens is 1. The molecule has 1 aliphatic rings. The Morgan fingerprint density at radius 2 is 1.88 bits per heavy atom. The zero-order chi connectivity index (χ0) is 23.9. The molecule has 1 aromatic heterocycles. The summed E-state index contributed by atoms with van der Waals surface area (Å²) < 4.78 is 10.6. The number of carbonyl (C=O) groups excluding carboxylic acids is 2. The fraction of sp³-hybridized carbons (Fsp3) is 0.346. The van der Waals surface area contributed by atoms with E-state index >= 15 is 0 Å². The van der Waals surface area contributed by atoms with Gasteiger partial charge in [-0.1, -0.05) is 35.5 Å². The molecule has 0 radical (unpaired) electrons. The van der Waals surface area contributed by atoms with Crippen LogP contribution in [-0.4, -0.2) is 48.1 Å². The lowest BCUT2D eigenvalue weighted by Crippen LogP contribution is -2.47. The number of methoxy groups -OCH3 is 1. The number of piperidine rings is 1. The molecule has 2 aromatic carbocycles. The van der Waals surface area contributed by atoms with E-state index in [9.17, 15) is 9.59 Å². The van der Waals surface area contributed by atoms with E-state index in [4.69, 9.17) is 9.26 Å². The molecule has 0 unspecified atom stereocenters. The number of para-hydroxylation sites is 1. The maximum Gasteiger partial charge on any atom is 0.252 e. The third kappa shape index (κ3) is 5.99. The van der Waals surface area contributed by atoms with Gasteiger partial charge in [0.1, 0.15) is 11.5 Å². The second kappa shape index (κ2) is 11.2. The van der Waals surface area contributed by atoms with Crippen LogP contribution in [0.15, 0.2) is 64.0 Å². The molecule has 4 rings (SSSR count). The molecule has 2 amide bonds. The van der Waals surface area contributed by atoms with Gasteiger partial charge in [-0.3, -0.25) is 9.59 Å². The minimum absolute atomic E-state index is 0.0396. The van der Waals surface area contributed by atoms with Crippen LogP contribution in [0.3, 0.4) is 0 Å². The number of likely N-dealkylation sites (tertiary alicyclic amines) is 1. The standard InChI is InChI=1S/C26H29N3O4S/c1-18-15-21(33-28-18)17-34-24-10-6-4-8-22(24)26(31)27-20-11-13-29(14-12-20)25(30)16-19-7-3-5-9-23(19)32-2/h3-10,15,20H,11-14,16-17H2,1-2H3,(H,27,31). The molecular weight excluding hydrogens is 450 g/mol. The first-order chi connectivity index (χ1) is 16.5. The molecule has 1 N–H and O–H groups in total. The Bertz CT molecular complexity index is 1140. The number of benzene rings is 2. The average Bonchev–Trinajstić information content (AvgIpc) is 3.28. The Morgan fingerprint density at radius 1 is 1.15 bits per heavy atom. The highest BCUT2D eigenvalue weighted by atomic mass is 32.2. The summed E-state index contributed by atoms with van der Waals surface area (Å²) in [5.74, 6) is 2.11. The number of rotatable bonds is 8. The number of nitrogens with zero attached hydrogens (tertiary/aromatic N) is 2. The number of ether oxygens (including phenoxy) is 1. The molecule has 0 spiro atoms. The van der Waals surface area contributed by atoms with Gasteiger partial charge < -0.3 is 19.5 Å². The predicted molar refractivity (Wildman–Crippen MR) is 131 cm³/mol. The first kappa shape index (κ1) is 23.9. The predicted octanol–water partition coefficient (Wildman–Crippen LogP) is 4.25. The quantitative estimate of drug-likeness (QED) is 0.487. The zero-order valence-corrected chi connectivity index (χ0v) is 20.3. The van der Waals surface area contributed by atoms with Crippen molar-refractivity contribution in [3.05, 3.63) is 77.2 Å². The van der Waals surface area contributed by atoms with E-state index in [1.54, 1.807) is 18.9 Å². The van der Waals surface area contributed by atoms with Crippen LogP contribution >= 0.6 is 11.8 Å². The molecule has 7 nitrogen and oxygen atoms in total. The first-order valence-electron chi connectivity index (χ1n) is 11.4. The van der Waals surface area contributed by atoms with Crippen molar-refractivity contribution in [3.8, 4) is 5.75 Å². The van der Waals surface area contributed by atoms with Crippen LogP contribution in [0, 0.1) is 6.92 Å². The van der Waals surface area contributed by atoms with Crippen molar-refractivity contribution >= 4 is 23.6 Å². The highest BCUT2D eigenvalue weighted by Gasteiger charge is 2.25. The van der Waals surface area contributed by atoms with Crippen LogP contribution in [0.2, 0.25) is 0 Å². The lowest BCUT2D eigenvalue weighted by Gasteiger charge is -2.32. The highest BCUT2D eigenvalue weighted by molar-refractivity contribution is 7.98. The molecular formula is C26H29N3O4S. The normalized spacial score (nSPS) is 14.1. The monoisotopic (exact) mass is 479 g/mol. The largest absolute Gasteiger partial charge is 0.496 e. The van der Waals surface area contributed by atoms with Crippen molar-refractivity contribution < 1.29 is 18.8 Å². The Labute approximate surface area is 203 Å². The SMILES string of the molecule is COc1ccccc1CC(=O)N1CCC(NC(=O)c2ccccc2SCc2cc(C)no2)CC1. The summed E-state index contributed by atoms with van der Waals surface area (Å²) in [7, 11) is 1.61. The molecule has 3 aromatic rings. The Hall–Kier alpha value is -3.26. The van der Waals surface area contributed by atoms with Crippen LogP contribution in [0.4, 0.5) is 0 Å². The molecule has 0 bridgehead atoms. The number of thioether (sulfide) groups is 1. The number of amides is 2. The summed E-state index contributed by atoms with van der Waals surface area (Å²) >= 11 is 1.55. The number of aryl methyl sites for hydroxylation is 1. The van der Waals surface area contributed by atoms with Gasteiger partial charge in [-0.15, -0.1) is 11.8 Å². The smallest absolute Gasteiger partial charge is 0.252 e. The lowest BCUT2D eigenvalue weighted by atomic mass is 10.0. The molecule has 0 atom stereocenters. The summed E-state index contributed by atoms with van der Waals surface area (Å²) in [5, 5.41) is 7.07. The van der Waals surface area contributed by atoms with E-state index in [1.165, 1.54) is 0 Å². The van der Waals surface area contributed by atoms with Gasteiger partial charge in [-0.2, -0.15) is 0 Å². The van der Waals surface area contributed by atoms with Crippen molar-refractivity contribution in [2.24, 2.45) is 0 Å². The van der Waals surface area contributed by atoms with E-state index in [-0.39, 0.29) is 17.9 Å². The van der Waals surface area contributed by atoms with Gasteiger partial charge in [-0.05, 0) is 38.0 Å². The number of hydrogen-bond acceptors (Lipinski definition) is 6. The third-order valence-electron chi connectivity index (χ3n) is 5.90. The zero-order valence-electron chi connectivity index (χ0n) is 19.5. The molecule has 34 heavy (non-hydrogen) atoms. The Kier molecular flexibility index (Phi) is 7.90. The van der Waals surface area contributed by atoms with Crippen molar-refractivity contribution in [1.82, 2.24) is 15.4 Å². The van der Waals surface area contributed by atoms with E-state index in [2.05, 4.69) is 10.5 Å². The van der Waals surface area contributed by atoms with Gasteiger partial charge in [0.2, 0.25) is 5.91 Å². The highest BCUT2D eigenvalue weighted by Crippen LogP contribution is 2.27. The summed E-state index contributed by atoms with van der Waals surface area (Å²) in [5.41, 5.74) is 2.38. The molecule has 178 valence electrons. The summed E-state index contributed by atoms with van der Waals surface area (Å²) in [4.78, 5) is 28.6. The summed E-state index contributed by atoms with van der Waals surface area (Å²) in [6.07, 6.45) is 1.78. The Morgan fingerprint density at radius 3 is 2.62 bits per heavy atom. The minimum Gasteiger partial charge on any atom is -0.496 e. The fourth-order valence-corrected chi connectivity index (χ4v) is 5.00. The second-order valence-electron chi connectivity index (χ2n) is 8.34. The number of nitrogens with one attached hydrogen (secondary N) is 1. The van der Waals surface area contributed by atoms with Crippen LogP contribution in [-0.2, 0) is 17.0 Å². The van der Waals surface area contributed by atoms with E-state index in [0.717, 1.165) is 40.5 Å². The van der Waals surface area contributed by atoms with Crippen LogP contribution in [0.25, 0.3) is 0 Å². The van der Waals surface area contributed by atoms with Gasteiger partial charge in [0, 0.05) is 35.7 Å². The maximum atomic E-state index is 13.0. The molecule has 2 heterocycles. The molecule has 0 saturated carbocycles. The molecule has 8 heteroatoms. The fourth-order valence-electron chi connectivity index (χ4n) is 4.07. The van der Waals surface area contributed by atoms with Gasteiger partial charge >= 0.3 is 0 Å². The summed E-state index contributed by atoms with van der Waals surface area (Å²) in [6, 6.07) is 17.1. The molecule has 1 fully saturated rings. The molecule has 0 aliphatic carbocycles. The average molecular weight is 480 g/mol. The van der Waals surface area contributed by atoms with E-state index < -0.39 is 0 Å². The Balaban J connectivity index is 1.29. The molecule has 1 saturated heterocycles. The van der Waals surface area contributed by atoms with Crippen molar-refractivity contribution in [3.63, 3.8) is 0 Å².